The van der Waals surface area contributed by atoms with Gasteiger partial charge in [-0.15, -0.1) is 27.7 Å². The summed E-state index contributed by atoms with van der Waals surface area (Å²) in [5, 5.41) is 31.7. The van der Waals surface area contributed by atoms with Crippen molar-refractivity contribution in [3.8, 4) is 11.5 Å². The Bertz CT molecular complexity index is 935. The van der Waals surface area contributed by atoms with Crippen LogP contribution in [-0.4, -0.2) is 48.9 Å². The topological polar surface area (TPSA) is 185 Å². The van der Waals surface area contributed by atoms with Crippen molar-refractivity contribution in [2.75, 3.05) is 6.54 Å². The first kappa shape index (κ1) is 22.1. The van der Waals surface area contributed by atoms with E-state index in [2.05, 4.69) is 46.3 Å². The second-order valence-electron chi connectivity index (χ2n) is 6.50. The van der Waals surface area contributed by atoms with Gasteiger partial charge in [-0.3, -0.25) is 9.89 Å². The maximum atomic E-state index is 11.7. The number of tetrazole rings is 1. The van der Waals surface area contributed by atoms with Gasteiger partial charge in [-0.25, -0.2) is 11.1 Å². The fourth-order valence-corrected chi connectivity index (χ4v) is 3.48. The summed E-state index contributed by atoms with van der Waals surface area (Å²) in [5.74, 6) is 0.638. The molecule has 0 atom stereocenters. The van der Waals surface area contributed by atoms with Gasteiger partial charge in [-0.2, -0.15) is 15.4 Å². The monoisotopic (exact) mass is 421 g/mol. The predicted octanol–water partition coefficient (Wildman–Crippen LogP) is 3.22. The van der Waals surface area contributed by atoms with E-state index in [9.17, 15) is 4.79 Å². The van der Waals surface area contributed by atoms with Gasteiger partial charge in [0.25, 0.3) is 0 Å². The minimum Gasteiger partial charge on any atom is -0.287 e. The molecule has 29 heavy (non-hydrogen) atoms. The van der Waals surface area contributed by atoms with Crippen LogP contribution in [0.25, 0.3) is 11.5 Å². The van der Waals surface area contributed by atoms with Crippen molar-refractivity contribution in [1.29, 1.82) is 11.1 Å². The zero-order valence-electron chi connectivity index (χ0n) is 15.9. The van der Waals surface area contributed by atoms with Gasteiger partial charge in [0, 0.05) is 18.3 Å². The van der Waals surface area contributed by atoms with Gasteiger partial charge in [0.15, 0.2) is 0 Å². The molecule has 13 heteroatoms. The lowest BCUT2D eigenvalue weighted by Crippen LogP contribution is -2.17. The van der Waals surface area contributed by atoms with Gasteiger partial charge >= 0.3 is 0 Å². The van der Waals surface area contributed by atoms with Gasteiger partial charge in [-0.05, 0) is 55.9 Å². The maximum Gasteiger partial charge on any atom is 0.225 e. The van der Waals surface area contributed by atoms with Crippen LogP contribution < -0.4 is 0 Å². The number of aromatic nitrogens is 6. The largest absolute Gasteiger partial charge is 0.287 e. The van der Waals surface area contributed by atoms with Crippen molar-refractivity contribution in [3.63, 3.8) is 0 Å². The molecule has 0 bridgehead atoms. The van der Waals surface area contributed by atoms with E-state index in [-0.39, 0.29) is 19.6 Å². The van der Waals surface area contributed by atoms with Crippen LogP contribution in [0.3, 0.4) is 0 Å². The van der Waals surface area contributed by atoms with Gasteiger partial charge in [0.2, 0.25) is 11.6 Å². The van der Waals surface area contributed by atoms with Crippen molar-refractivity contribution in [2.24, 2.45) is 15.4 Å². The molecule has 3 heterocycles. The van der Waals surface area contributed by atoms with Crippen LogP contribution >= 0.6 is 12.4 Å². The molecule has 2 aliphatic carbocycles. The molecule has 0 unspecified atom stereocenters. The van der Waals surface area contributed by atoms with Crippen molar-refractivity contribution < 1.29 is 6.22 Å². The Kier molecular flexibility index (Phi) is 7.95. The summed E-state index contributed by atoms with van der Waals surface area (Å²) < 4.78 is 0. The second kappa shape index (κ2) is 10.4. The number of hydrogen-bond acceptors (Lipinski definition) is 10. The Morgan fingerprint density at radius 3 is 2.52 bits per heavy atom. The van der Waals surface area contributed by atoms with E-state index in [1.807, 2.05) is 6.92 Å². The number of nitrogens with one attached hydrogen (secondary N) is 4. The zero-order chi connectivity index (χ0) is 19.9. The number of rotatable bonds is 3. The van der Waals surface area contributed by atoms with Crippen LogP contribution in [0.1, 0.15) is 45.3 Å². The fourth-order valence-electron chi connectivity index (χ4n) is 3.48. The number of nitrogens with zero attached hydrogens (tertiary/aromatic N) is 7. The third kappa shape index (κ3) is 4.83. The lowest BCUT2D eigenvalue weighted by Gasteiger charge is -2.00. The fraction of sp³-hybridized carbons (Fsp3) is 0.500. The molecule has 156 valence electrons. The highest BCUT2D eigenvalue weighted by atomic mass is 35.5. The van der Waals surface area contributed by atoms with Gasteiger partial charge in [-0.1, -0.05) is 5.57 Å². The number of aryl methyl sites for hydroxylation is 1. The molecule has 4 N–H and O–H groups in total. The molecule has 0 aromatic carbocycles. The van der Waals surface area contributed by atoms with Crippen molar-refractivity contribution in [2.45, 2.75) is 45.4 Å². The zero-order valence-corrected chi connectivity index (χ0v) is 16.7. The molecule has 0 spiro atoms. The average molecular weight is 422 g/mol. The normalized spacial score (nSPS) is 16.2. The Balaban J connectivity index is 0.000000261. The van der Waals surface area contributed by atoms with E-state index >= 15 is 0 Å². The van der Waals surface area contributed by atoms with E-state index < -0.39 is 0 Å². The molecular weight excluding hydrogens is 398 g/mol. The van der Waals surface area contributed by atoms with Gasteiger partial charge < -0.3 is 0 Å². The molecule has 0 radical (unpaired) electrons. The number of fused-ring (bicyclic) bond motifs is 1. The summed E-state index contributed by atoms with van der Waals surface area (Å²) >= 11 is 0. The highest BCUT2D eigenvalue weighted by Gasteiger charge is 2.24. The number of ketones is 1. The molecule has 2 aromatic heterocycles. The quantitative estimate of drug-likeness (QED) is 0.553. The lowest BCUT2D eigenvalue weighted by atomic mass is 10.0. The summed E-state index contributed by atoms with van der Waals surface area (Å²) in [5.41, 5.74) is 16.0. The molecule has 0 saturated heterocycles. The Morgan fingerprint density at radius 1 is 1.10 bits per heavy atom. The third-order valence-corrected chi connectivity index (χ3v) is 4.84. The average Bonchev–Trinajstić information content (AvgIpc) is 3.53. The van der Waals surface area contributed by atoms with E-state index in [4.69, 9.17) is 11.1 Å². The second-order valence-corrected chi connectivity index (χ2v) is 6.50. The molecule has 1 aliphatic heterocycles. The molecule has 3 aliphatic rings. The van der Waals surface area contributed by atoms with Crippen LogP contribution in [0.5, 0.6) is 0 Å². The first-order chi connectivity index (χ1) is 13.7. The number of hydrogen-bond donors (Lipinski definition) is 4. The van der Waals surface area contributed by atoms with Crippen LogP contribution in [0, 0.1) is 11.1 Å². The molecule has 2 aromatic rings. The number of carbonyl (C=O) groups is 1. The number of carbonyl (C=O) groups excluding carboxylic acids is 1. The van der Waals surface area contributed by atoms with Gasteiger partial charge in [0.05, 0.1) is 0 Å². The molecule has 0 saturated carbocycles. The van der Waals surface area contributed by atoms with E-state index in [1.54, 1.807) is 0 Å². The van der Waals surface area contributed by atoms with Gasteiger partial charge in [0.1, 0.15) is 18.0 Å². The maximum absolute atomic E-state index is 11.7. The summed E-state index contributed by atoms with van der Waals surface area (Å²) in [6.45, 7) is 2.37. The number of Topliss-reactive ketones (excluding diaryl/α,β-unsaturated/α-hetero) is 1. The molecular formula is C16H24ClN11O. The summed E-state index contributed by atoms with van der Waals surface area (Å²) in [4.78, 5) is 11.7. The molecule has 0 fully saturated rings. The van der Waals surface area contributed by atoms with E-state index in [1.165, 1.54) is 23.3 Å². The summed E-state index contributed by atoms with van der Waals surface area (Å²) in [6.07, 6.45) is 6.37. The smallest absolute Gasteiger partial charge is 0.225 e. The molecule has 0 amide bonds. The first-order valence-electron chi connectivity index (χ1n) is 8.95. The first-order valence-corrected chi connectivity index (χ1v) is 8.95. The third-order valence-electron chi connectivity index (χ3n) is 4.84. The Hall–Kier alpha value is -3.15. The summed E-state index contributed by atoms with van der Waals surface area (Å²) in [6, 6.07) is 0. The van der Waals surface area contributed by atoms with Crippen molar-refractivity contribution in [1.82, 2.24) is 30.8 Å². The summed E-state index contributed by atoms with van der Waals surface area (Å²) in [7, 11) is 0. The van der Waals surface area contributed by atoms with Crippen molar-refractivity contribution >= 4 is 23.9 Å². The highest BCUT2D eigenvalue weighted by molar-refractivity contribution is 6.47. The number of halogens is 1. The predicted molar refractivity (Wildman–Crippen MR) is 107 cm³/mol. The van der Waals surface area contributed by atoms with E-state index in [0.29, 0.717) is 18.1 Å². The van der Waals surface area contributed by atoms with Crippen LogP contribution in [0.4, 0.5) is 0 Å². The molecule has 5 rings (SSSR count). The van der Waals surface area contributed by atoms with E-state index in [0.717, 1.165) is 43.4 Å². The lowest BCUT2D eigenvalue weighted by molar-refractivity contribution is -0.109. The van der Waals surface area contributed by atoms with Crippen molar-refractivity contribution in [3.05, 3.63) is 22.4 Å². The Labute approximate surface area is 173 Å². The number of allylic oxidation sites excluding steroid dienone is 2. The standard InChI is InChI=1S/C9H11N3O.C7H8N6.ClH.H2N2.H2/c1-6-3-2-4-7(6)9(13)8-5-10-12-11-8;1-2-4-5(3-1)8-9-6(4)7-10-12-13-11-7;;1-2;/h2-5H2,1H3;1-3H2,(H,8,9)(H,10,11,12,13);1H;1-2H;1H. The minimum atomic E-state index is 0. The van der Waals surface area contributed by atoms with Crippen LogP contribution in [0.15, 0.2) is 26.6 Å². The minimum absolute atomic E-state index is 0. The van der Waals surface area contributed by atoms with Crippen LogP contribution in [0.2, 0.25) is 0 Å². The number of H-pyrrole nitrogens is 2. The Morgan fingerprint density at radius 2 is 1.90 bits per heavy atom. The number of aromatic amines is 2. The highest BCUT2D eigenvalue weighted by Crippen LogP contribution is 2.28. The SMILES string of the molecule is C1Cc2[nH]nc(-c3nn[nH]n3)c2C1.CC1=C(C(=O)C2=NN=NC2)CCC1.Cl.N=N.[HH]. The molecule has 12 nitrogen and oxygen atoms in total. The van der Waals surface area contributed by atoms with Crippen LogP contribution in [-0.2, 0) is 17.6 Å².